The molecule has 1 fully saturated rings. The normalized spacial score (nSPS) is 16.4. The maximum Gasteiger partial charge on any atom is 0.145 e. The number of nitrogens with one attached hydrogen (secondary N) is 1. The maximum absolute atomic E-state index is 5.46. The van der Waals surface area contributed by atoms with E-state index in [1.165, 1.54) is 0 Å². The van der Waals surface area contributed by atoms with Crippen molar-refractivity contribution in [3.63, 3.8) is 0 Å². The summed E-state index contributed by atoms with van der Waals surface area (Å²) >= 11 is 0. The van der Waals surface area contributed by atoms with Gasteiger partial charge in [-0.1, -0.05) is 18.2 Å². The zero-order chi connectivity index (χ0) is 16.2. The lowest BCUT2D eigenvalue weighted by Gasteiger charge is -2.32. The number of anilines is 1. The van der Waals surface area contributed by atoms with Gasteiger partial charge in [0, 0.05) is 42.4 Å². The van der Waals surface area contributed by atoms with Crippen molar-refractivity contribution >= 4 is 16.6 Å². The third-order valence-corrected chi connectivity index (χ3v) is 4.48. The predicted octanol–water partition coefficient (Wildman–Crippen LogP) is 3.61. The zero-order valence-corrected chi connectivity index (χ0v) is 14.0. The summed E-state index contributed by atoms with van der Waals surface area (Å²) < 4.78 is 5.46. The van der Waals surface area contributed by atoms with Crippen LogP contribution in [-0.4, -0.2) is 42.7 Å². The third-order valence-electron chi connectivity index (χ3n) is 4.48. The van der Waals surface area contributed by atoms with Crippen molar-refractivity contribution < 1.29 is 4.74 Å². The minimum absolute atomic E-state index is 0.507. The lowest BCUT2D eigenvalue weighted by molar-refractivity contribution is 0.240. The Kier molecular flexibility index (Phi) is 4.82. The Morgan fingerprint density at radius 3 is 2.87 bits per heavy atom. The Hall–Kier alpha value is -2.07. The second kappa shape index (κ2) is 7.01. The minimum atomic E-state index is 0.507. The topological polar surface area (TPSA) is 37.4 Å². The first kappa shape index (κ1) is 15.8. The van der Waals surface area contributed by atoms with Gasteiger partial charge in [0.05, 0.1) is 7.11 Å². The van der Waals surface area contributed by atoms with Gasteiger partial charge in [-0.15, -0.1) is 6.58 Å². The summed E-state index contributed by atoms with van der Waals surface area (Å²) in [5.41, 5.74) is 3.10. The Morgan fingerprint density at radius 2 is 2.17 bits per heavy atom. The Labute approximate surface area is 138 Å². The third kappa shape index (κ3) is 3.48. The Balaban J connectivity index is 1.82. The van der Waals surface area contributed by atoms with E-state index in [1.807, 2.05) is 25.1 Å². The highest BCUT2D eigenvalue weighted by molar-refractivity contribution is 5.95. The number of hydrogen-bond donors (Lipinski definition) is 1. The van der Waals surface area contributed by atoms with E-state index in [2.05, 4.69) is 33.9 Å². The van der Waals surface area contributed by atoms with Crippen molar-refractivity contribution in [3.8, 4) is 5.75 Å². The number of nitrogens with zero attached hydrogens (tertiary/aromatic N) is 2. The fourth-order valence-corrected chi connectivity index (χ4v) is 3.30. The van der Waals surface area contributed by atoms with Crippen LogP contribution in [0.25, 0.3) is 10.9 Å². The van der Waals surface area contributed by atoms with Gasteiger partial charge in [-0.3, -0.25) is 4.90 Å². The molecule has 122 valence electrons. The molecule has 0 radical (unpaired) electrons. The summed E-state index contributed by atoms with van der Waals surface area (Å²) in [5, 5.41) is 4.86. The molecule has 1 aromatic carbocycles. The Morgan fingerprint density at radius 1 is 1.39 bits per heavy atom. The largest absolute Gasteiger partial charge is 0.494 e. The summed E-state index contributed by atoms with van der Waals surface area (Å²) in [6.07, 6.45) is 4.29. The van der Waals surface area contributed by atoms with E-state index in [1.54, 1.807) is 7.11 Å². The molecule has 2 aromatic rings. The first-order valence-electron chi connectivity index (χ1n) is 8.25. The summed E-state index contributed by atoms with van der Waals surface area (Å²) in [4.78, 5) is 7.10. The highest BCUT2D eigenvalue weighted by atomic mass is 16.5. The van der Waals surface area contributed by atoms with E-state index >= 15 is 0 Å². The maximum atomic E-state index is 5.46. The number of methoxy groups -OCH3 is 1. The van der Waals surface area contributed by atoms with E-state index in [9.17, 15) is 0 Å². The van der Waals surface area contributed by atoms with Crippen molar-refractivity contribution in [1.29, 1.82) is 0 Å². The number of pyridine rings is 1. The number of aromatic nitrogens is 1. The quantitative estimate of drug-likeness (QED) is 0.856. The van der Waals surface area contributed by atoms with E-state index in [0.717, 1.165) is 60.5 Å². The highest BCUT2D eigenvalue weighted by Gasteiger charge is 2.19. The summed E-state index contributed by atoms with van der Waals surface area (Å²) in [6, 6.07) is 8.74. The molecule has 23 heavy (non-hydrogen) atoms. The van der Waals surface area contributed by atoms with Crippen LogP contribution in [0.3, 0.4) is 0 Å². The molecule has 1 aliphatic rings. The first-order chi connectivity index (χ1) is 11.2. The number of hydrogen-bond acceptors (Lipinski definition) is 4. The molecule has 1 saturated heterocycles. The molecule has 0 spiro atoms. The van der Waals surface area contributed by atoms with Gasteiger partial charge in [0.1, 0.15) is 11.3 Å². The highest BCUT2D eigenvalue weighted by Crippen LogP contribution is 2.31. The van der Waals surface area contributed by atoms with Gasteiger partial charge in [-0.25, -0.2) is 4.98 Å². The average molecular weight is 311 g/mol. The van der Waals surface area contributed by atoms with Crippen molar-refractivity contribution in [3.05, 3.63) is 42.6 Å². The average Bonchev–Trinajstić information content (AvgIpc) is 2.56. The van der Waals surface area contributed by atoms with E-state index in [-0.39, 0.29) is 0 Å². The van der Waals surface area contributed by atoms with Crippen molar-refractivity contribution in [2.75, 3.05) is 32.1 Å². The monoisotopic (exact) mass is 311 g/mol. The number of rotatable bonds is 5. The van der Waals surface area contributed by atoms with Gasteiger partial charge < -0.3 is 10.1 Å². The van der Waals surface area contributed by atoms with Gasteiger partial charge >= 0.3 is 0 Å². The van der Waals surface area contributed by atoms with Crippen LogP contribution in [-0.2, 0) is 0 Å². The molecule has 0 atom stereocenters. The van der Waals surface area contributed by atoms with Gasteiger partial charge in [-0.2, -0.15) is 0 Å². The number of likely N-dealkylation sites (tertiary alicyclic amines) is 1. The molecule has 1 N–H and O–H groups in total. The van der Waals surface area contributed by atoms with Crippen LogP contribution < -0.4 is 10.1 Å². The van der Waals surface area contributed by atoms with Crippen LogP contribution in [0.5, 0.6) is 5.75 Å². The summed E-state index contributed by atoms with van der Waals surface area (Å²) in [7, 11) is 1.70. The van der Waals surface area contributed by atoms with Crippen LogP contribution in [0.2, 0.25) is 0 Å². The number of piperidine rings is 1. The van der Waals surface area contributed by atoms with Crippen molar-refractivity contribution in [1.82, 2.24) is 9.88 Å². The van der Waals surface area contributed by atoms with Crippen LogP contribution >= 0.6 is 0 Å². The molecule has 0 saturated carbocycles. The fraction of sp³-hybridized carbons (Fsp3) is 0.421. The molecule has 0 bridgehead atoms. The molecule has 4 nitrogen and oxygen atoms in total. The van der Waals surface area contributed by atoms with Crippen LogP contribution in [0.15, 0.2) is 36.9 Å². The standard InChI is InChI=1S/C19H25N3O/c1-4-10-22-11-8-15(9-12-22)21-17-13-14(2)20-19-16(17)6-5-7-18(19)23-3/h4-7,13,15H,1,8-12H2,2-3H3,(H,20,21). The van der Waals surface area contributed by atoms with Crippen LogP contribution in [0, 0.1) is 6.92 Å². The van der Waals surface area contributed by atoms with Crippen LogP contribution in [0.4, 0.5) is 5.69 Å². The van der Waals surface area contributed by atoms with E-state index < -0.39 is 0 Å². The summed E-state index contributed by atoms with van der Waals surface area (Å²) in [6.45, 7) is 9.08. The van der Waals surface area contributed by atoms with E-state index in [4.69, 9.17) is 4.74 Å². The Bertz CT molecular complexity index is 690. The van der Waals surface area contributed by atoms with E-state index in [0.29, 0.717) is 6.04 Å². The molecular weight excluding hydrogens is 286 g/mol. The first-order valence-corrected chi connectivity index (χ1v) is 8.25. The summed E-state index contributed by atoms with van der Waals surface area (Å²) in [5.74, 6) is 0.829. The second-order valence-corrected chi connectivity index (χ2v) is 6.18. The molecule has 0 aliphatic carbocycles. The molecule has 3 rings (SSSR count). The molecule has 2 heterocycles. The lowest BCUT2D eigenvalue weighted by Crippen LogP contribution is -2.39. The number of para-hydroxylation sites is 1. The smallest absolute Gasteiger partial charge is 0.145 e. The zero-order valence-electron chi connectivity index (χ0n) is 14.0. The molecule has 1 aromatic heterocycles. The number of benzene rings is 1. The fourth-order valence-electron chi connectivity index (χ4n) is 3.30. The SMILES string of the molecule is C=CCN1CCC(Nc2cc(C)nc3c(OC)cccc23)CC1. The molecule has 1 aliphatic heterocycles. The molecule has 4 heteroatoms. The van der Waals surface area contributed by atoms with Gasteiger partial charge in [0.25, 0.3) is 0 Å². The number of ether oxygens (including phenoxy) is 1. The van der Waals surface area contributed by atoms with Crippen molar-refractivity contribution in [2.24, 2.45) is 0 Å². The predicted molar refractivity (Wildman–Crippen MR) is 96.3 cm³/mol. The molecular formula is C19H25N3O. The van der Waals surface area contributed by atoms with Gasteiger partial charge in [-0.05, 0) is 31.9 Å². The minimum Gasteiger partial charge on any atom is -0.494 e. The number of aryl methyl sites for hydroxylation is 1. The van der Waals surface area contributed by atoms with Gasteiger partial charge in [0.15, 0.2) is 0 Å². The number of fused-ring (bicyclic) bond motifs is 1. The lowest BCUT2D eigenvalue weighted by atomic mass is 10.0. The van der Waals surface area contributed by atoms with Gasteiger partial charge in [0.2, 0.25) is 0 Å². The second-order valence-electron chi connectivity index (χ2n) is 6.18. The van der Waals surface area contributed by atoms with Crippen molar-refractivity contribution in [2.45, 2.75) is 25.8 Å². The molecule has 0 amide bonds. The van der Waals surface area contributed by atoms with Crippen LogP contribution in [0.1, 0.15) is 18.5 Å². The molecule has 0 unspecified atom stereocenters.